The Balaban J connectivity index is 2.59. The average Bonchev–Trinajstić information content (AvgIpc) is 2.25. The van der Waals surface area contributed by atoms with Crippen molar-refractivity contribution in [1.82, 2.24) is 4.98 Å². The number of aromatic carboxylic acids is 1. The lowest BCUT2D eigenvalue weighted by molar-refractivity contribution is 0.0692. The summed E-state index contributed by atoms with van der Waals surface area (Å²) >= 11 is 0. The fraction of sp³-hybridized carbons (Fsp3) is 0.273. The van der Waals surface area contributed by atoms with Crippen molar-refractivity contribution in [2.45, 2.75) is 12.8 Å². The van der Waals surface area contributed by atoms with Gasteiger partial charge in [-0.1, -0.05) is 6.08 Å². The highest BCUT2D eigenvalue weighted by Crippen LogP contribution is 2.16. The molecule has 80 valence electrons. The van der Waals surface area contributed by atoms with Gasteiger partial charge in [0, 0.05) is 6.20 Å². The van der Waals surface area contributed by atoms with E-state index in [2.05, 4.69) is 11.6 Å². The fourth-order valence-electron chi connectivity index (χ4n) is 1.08. The molecule has 0 spiro atoms. The van der Waals surface area contributed by atoms with E-state index in [1.165, 1.54) is 18.5 Å². The number of carboxylic acid groups (broad SMARTS) is 1. The van der Waals surface area contributed by atoms with E-state index in [1.807, 2.05) is 0 Å². The van der Waals surface area contributed by atoms with Gasteiger partial charge in [-0.3, -0.25) is 4.98 Å². The zero-order valence-electron chi connectivity index (χ0n) is 8.35. The van der Waals surface area contributed by atoms with Gasteiger partial charge in [-0.05, 0) is 18.9 Å². The van der Waals surface area contributed by atoms with Crippen molar-refractivity contribution in [3.63, 3.8) is 0 Å². The van der Waals surface area contributed by atoms with E-state index in [4.69, 9.17) is 9.84 Å². The zero-order chi connectivity index (χ0) is 11.1. The van der Waals surface area contributed by atoms with Gasteiger partial charge in [-0.15, -0.1) is 6.58 Å². The molecular formula is C11H13NO3. The summed E-state index contributed by atoms with van der Waals surface area (Å²) in [5.74, 6) is -0.690. The monoisotopic (exact) mass is 207 g/mol. The number of unbranched alkanes of at least 4 members (excludes halogenated alkanes) is 1. The highest BCUT2D eigenvalue weighted by atomic mass is 16.5. The Morgan fingerprint density at radius 1 is 1.67 bits per heavy atom. The SMILES string of the molecule is C=CCCCOc1cnccc1C(=O)O. The van der Waals surface area contributed by atoms with Gasteiger partial charge in [0.15, 0.2) is 5.75 Å². The molecule has 0 aliphatic rings. The molecule has 15 heavy (non-hydrogen) atoms. The van der Waals surface area contributed by atoms with Gasteiger partial charge >= 0.3 is 5.97 Å². The minimum Gasteiger partial charge on any atom is -0.491 e. The van der Waals surface area contributed by atoms with Gasteiger partial charge in [0.05, 0.1) is 12.8 Å². The van der Waals surface area contributed by atoms with Gasteiger partial charge in [-0.2, -0.15) is 0 Å². The predicted octanol–water partition coefficient (Wildman–Crippen LogP) is 2.12. The average molecular weight is 207 g/mol. The fourth-order valence-corrected chi connectivity index (χ4v) is 1.08. The van der Waals surface area contributed by atoms with Crippen LogP contribution < -0.4 is 4.74 Å². The number of allylic oxidation sites excluding steroid dienone is 1. The second-order valence-corrected chi connectivity index (χ2v) is 2.96. The van der Waals surface area contributed by atoms with Crippen LogP contribution in [-0.2, 0) is 0 Å². The number of nitrogens with zero attached hydrogens (tertiary/aromatic N) is 1. The number of carboxylic acids is 1. The van der Waals surface area contributed by atoms with Gasteiger partial charge in [0.25, 0.3) is 0 Å². The Morgan fingerprint density at radius 2 is 2.47 bits per heavy atom. The van der Waals surface area contributed by atoms with E-state index in [0.717, 1.165) is 12.8 Å². The summed E-state index contributed by atoms with van der Waals surface area (Å²) in [6, 6.07) is 1.42. The second-order valence-electron chi connectivity index (χ2n) is 2.96. The number of carbonyl (C=O) groups is 1. The van der Waals surface area contributed by atoms with Crippen molar-refractivity contribution in [2.75, 3.05) is 6.61 Å². The summed E-state index contributed by atoms with van der Waals surface area (Å²) in [7, 11) is 0. The molecular weight excluding hydrogens is 194 g/mol. The van der Waals surface area contributed by atoms with E-state index >= 15 is 0 Å². The molecule has 0 atom stereocenters. The third-order valence-corrected chi connectivity index (χ3v) is 1.83. The normalized spacial score (nSPS) is 9.60. The maximum Gasteiger partial charge on any atom is 0.339 e. The molecule has 0 aliphatic heterocycles. The first kappa shape index (κ1) is 11.2. The molecule has 4 nitrogen and oxygen atoms in total. The highest BCUT2D eigenvalue weighted by Gasteiger charge is 2.09. The van der Waals surface area contributed by atoms with Crippen molar-refractivity contribution >= 4 is 5.97 Å². The summed E-state index contributed by atoms with van der Waals surface area (Å²) in [6.45, 7) is 4.06. The van der Waals surface area contributed by atoms with Crippen molar-refractivity contribution in [1.29, 1.82) is 0 Å². The van der Waals surface area contributed by atoms with Crippen LogP contribution in [0.15, 0.2) is 31.1 Å². The number of hydrogen-bond acceptors (Lipinski definition) is 3. The molecule has 1 rings (SSSR count). The molecule has 1 aromatic heterocycles. The third-order valence-electron chi connectivity index (χ3n) is 1.83. The van der Waals surface area contributed by atoms with Crippen LogP contribution in [0.5, 0.6) is 5.75 Å². The predicted molar refractivity (Wildman–Crippen MR) is 56.1 cm³/mol. The van der Waals surface area contributed by atoms with Gasteiger partial charge in [0.2, 0.25) is 0 Å². The second kappa shape index (κ2) is 5.80. The van der Waals surface area contributed by atoms with Crippen LogP contribution in [0.25, 0.3) is 0 Å². The molecule has 1 aromatic rings. The van der Waals surface area contributed by atoms with Crippen molar-refractivity contribution in [3.8, 4) is 5.75 Å². The first-order valence-electron chi connectivity index (χ1n) is 4.66. The van der Waals surface area contributed by atoms with E-state index in [1.54, 1.807) is 6.08 Å². The van der Waals surface area contributed by atoms with E-state index in [9.17, 15) is 4.79 Å². The summed E-state index contributed by atoms with van der Waals surface area (Å²) in [6.07, 6.45) is 6.31. The quantitative estimate of drug-likeness (QED) is 0.573. The van der Waals surface area contributed by atoms with Crippen molar-refractivity contribution in [2.24, 2.45) is 0 Å². The van der Waals surface area contributed by atoms with Gasteiger partial charge < -0.3 is 9.84 Å². The molecule has 0 saturated heterocycles. The molecule has 0 unspecified atom stereocenters. The summed E-state index contributed by atoms with van der Waals surface area (Å²) in [4.78, 5) is 14.6. The van der Waals surface area contributed by atoms with Crippen LogP contribution >= 0.6 is 0 Å². The number of aromatic nitrogens is 1. The topological polar surface area (TPSA) is 59.4 Å². The van der Waals surface area contributed by atoms with E-state index < -0.39 is 5.97 Å². The molecule has 0 aliphatic carbocycles. The van der Waals surface area contributed by atoms with Crippen LogP contribution in [0.2, 0.25) is 0 Å². The number of rotatable bonds is 6. The molecule has 0 bridgehead atoms. The molecule has 0 aromatic carbocycles. The largest absolute Gasteiger partial charge is 0.491 e. The Bertz CT molecular complexity index is 349. The van der Waals surface area contributed by atoms with Gasteiger partial charge in [-0.25, -0.2) is 4.79 Å². The number of pyridine rings is 1. The van der Waals surface area contributed by atoms with Crippen LogP contribution in [-0.4, -0.2) is 22.7 Å². The minimum atomic E-state index is -1.00. The molecule has 0 saturated carbocycles. The molecule has 0 amide bonds. The van der Waals surface area contributed by atoms with Crippen LogP contribution in [0.3, 0.4) is 0 Å². The van der Waals surface area contributed by atoms with Crippen molar-refractivity contribution in [3.05, 3.63) is 36.7 Å². The first-order chi connectivity index (χ1) is 7.25. The van der Waals surface area contributed by atoms with E-state index in [0.29, 0.717) is 12.4 Å². The van der Waals surface area contributed by atoms with Gasteiger partial charge in [0.1, 0.15) is 5.56 Å². The van der Waals surface area contributed by atoms with Crippen molar-refractivity contribution < 1.29 is 14.6 Å². The Labute approximate surface area is 88.2 Å². The van der Waals surface area contributed by atoms with Crippen LogP contribution in [0, 0.1) is 0 Å². The lowest BCUT2D eigenvalue weighted by Crippen LogP contribution is -2.04. The molecule has 0 fully saturated rings. The van der Waals surface area contributed by atoms with E-state index in [-0.39, 0.29) is 5.56 Å². The summed E-state index contributed by atoms with van der Waals surface area (Å²) in [5.41, 5.74) is 0.142. The third kappa shape index (κ3) is 3.42. The Kier molecular flexibility index (Phi) is 4.34. The maximum atomic E-state index is 10.8. The number of hydrogen-bond donors (Lipinski definition) is 1. The summed E-state index contributed by atoms with van der Waals surface area (Å²) in [5, 5.41) is 8.84. The maximum absolute atomic E-state index is 10.8. The molecule has 0 radical (unpaired) electrons. The van der Waals surface area contributed by atoms with Crippen LogP contribution in [0.1, 0.15) is 23.2 Å². The zero-order valence-corrected chi connectivity index (χ0v) is 8.35. The lowest BCUT2D eigenvalue weighted by Gasteiger charge is -2.07. The Morgan fingerprint density at radius 3 is 3.13 bits per heavy atom. The molecule has 4 heteroatoms. The molecule has 1 N–H and O–H groups in total. The smallest absolute Gasteiger partial charge is 0.339 e. The highest BCUT2D eigenvalue weighted by molar-refractivity contribution is 5.90. The lowest BCUT2D eigenvalue weighted by atomic mass is 10.2. The minimum absolute atomic E-state index is 0.142. The van der Waals surface area contributed by atoms with Crippen LogP contribution in [0.4, 0.5) is 0 Å². The molecule has 1 heterocycles. The Hall–Kier alpha value is -1.84. The number of ether oxygens (including phenoxy) is 1. The standard InChI is InChI=1S/C11H13NO3/c1-2-3-4-7-15-10-8-12-6-5-9(10)11(13)14/h2,5-6,8H,1,3-4,7H2,(H,13,14). The summed E-state index contributed by atoms with van der Waals surface area (Å²) < 4.78 is 5.31. The first-order valence-corrected chi connectivity index (χ1v) is 4.66.